The third-order valence-electron chi connectivity index (χ3n) is 4.47. The highest BCUT2D eigenvalue weighted by molar-refractivity contribution is 6.31. The number of nitrogens with zero attached hydrogens (tertiary/aromatic N) is 1. The molecule has 3 atom stereocenters. The zero-order valence-corrected chi connectivity index (χ0v) is 14.1. The lowest BCUT2D eigenvalue weighted by Gasteiger charge is -2.37. The highest BCUT2D eigenvalue weighted by atomic mass is 35.5. The average Bonchev–Trinajstić information content (AvgIpc) is 2.49. The molecular formula is C17H26ClN3O. The van der Waals surface area contributed by atoms with Gasteiger partial charge in [0.25, 0.3) is 0 Å². The molecule has 0 radical (unpaired) electrons. The molecule has 1 aliphatic heterocycles. The highest BCUT2D eigenvalue weighted by Gasteiger charge is 2.27. The maximum atomic E-state index is 12.3. The van der Waals surface area contributed by atoms with Crippen LogP contribution in [-0.4, -0.2) is 36.5 Å². The summed E-state index contributed by atoms with van der Waals surface area (Å²) in [6.07, 6.45) is 2.20. The normalized spacial score (nSPS) is 24.0. The fraction of sp³-hybridized carbons (Fsp3) is 0.588. The minimum atomic E-state index is -0.0961. The Bertz CT molecular complexity index is 508. The van der Waals surface area contributed by atoms with Crippen molar-refractivity contribution >= 4 is 17.5 Å². The summed E-state index contributed by atoms with van der Waals surface area (Å²) in [6.45, 7) is 6.16. The monoisotopic (exact) mass is 323 g/mol. The van der Waals surface area contributed by atoms with Crippen molar-refractivity contribution in [2.24, 2.45) is 11.7 Å². The number of halogens is 1. The smallest absolute Gasteiger partial charge is 0.234 e. The second kappa shape index (κ2) is 7.95. The van der Waals surface area contributed by atoms with Crippen LogP contribution in [0.5, 0.6) is 0 Å². The lowest BCUT2D eigenvalue weighted by molar-refractivity contribution is -0.123. The van der Waals surface area contributed by atoms with E-state index in [2.05, 4.69) is 17.1 Å². The number of hydrogen-bond donors (Lipinski definition) is 2. The van der Waals surface area contributed by atoms with Crippen molar-refractivity contribution in [3.63, 3.8) is 0 Å². The Kier molecular flexibility index (Phi) is 6.24. The van der Waals surface area contributed by atoms with Crippen LogP contribution in [0.25, 0.3) is 0 Å². The molecule has 1 amide bonds. The Morgan fingerprint density at radius 2 is 2.23 bits per heavy atom. The minimum Gasteiger partial charge on any atom is -0.348 e. The van der Waals surface area contributed by atoms with E-state index in [0.717, 1.165) is 24.9 Å². The molecule has 1 saturated heterocycles. The van der Waals surface area contributed by atoms with Gasteiger partial charge in [-0.15, -0.1) is 0 Å². The number of benzene rings is 1. The number of carbonyl (C=O) groups excluding carboxylic acids is 1. The molecule has 1 aromatic carbocycles. The van der Waals surface area contributed by atoms with Crippen LogP contribution in [0.15, 0.2) is 24.3 Å². The lowest BCUT2D eigenvalue weighted by Crippen LogP contribution is -2.50. The van der Waals surface area contributed by atoms with E-state index < -0.39 is 0 Å². The quantitative estimate of drug-likeness (QED) is 0.875. The van der Waals surface area contributed by atoms with Crippen molar-refractivity contribution in [3.05, 3.63) is 34.9 Å². The van der Waals surface area contributed by atoms with Gasteiger partial charge in [0.05, 0.1) is 12.6 Å². The summed E-state index contributed by atoms with van der Waals surface area (Å²) in [4.78, 5) is 14.5. The van der Waals surface area contributed by atoms with Crippen LogP contribution >= 0.6 is 11.6 Å². The largest absolute Gasteiger partial charge is 0.348 e. The molecular weight excluding hydrogens is 298 g/mol. The van der Waals surface area contributed by atoms with Gasteiger partial charge in [-0.2, -0.15) is 0 Å². The number of amides is 1. The van der Waals surface area contributed by atoms with E-state index in [0.29, 0.717) is 30.1 Å². The first-order valence-electron chi connectivity index (χ1n) is 7.99. The van der Waals surface area contributed by atoms with Gasteiger partial charge >= 0.3 is 0 Å². The minimum absolute atomic E-state index is 0.0282. The summed E-state index contributed by atoms with van der Waals surface area (Å²) in [5, 5.41) is 3.72. The van der Waals surface area contributed by atoms with Crippen molar-refractivity contribution in [1.82, 2.24) is 10.2 Å². The third kappa shape index (κ3) is 4.45. The van der Waals surface area contributed by atoms with Gasteiger partial charge in [0.2, 0.25) is 5.91 Å². The first-order chi connectivity index (χ1) is 10.5. The molecule has 0 aromatic heterocycles. The Labute approximate surface area is 138 Å². The van der Waals surface area contributed by atoms with Crippen molar-refractivity contribution < 1.29 is 4.79 Å². The maximum absolute atomic E-state index is 12.3. The molecule has 1 fully saturated rings. The molecule has 4 nitrogen and oxygen atoms in total. The number of carbonyl (C=O) groups is 1. The third-order valence-corrected chi connectivity index (χ3v) is 4.81. The first-order valence-corrected chi connectivity index (χ1v) is 8.37. The van der Waals surface area contributed by atoms with Gasteiger partial charge in [-0.05, 0) is 43.9 Å². The van der Waals surface area contributed by atoms with Gasteiger partial charge in [0.1, 0.15) is 0 Å². The molecule has 0 spiro atoms. The summed E-state index contributed by atoms with van der Waals surface area (Å²) in [6, 6.07) is 7.82. The average molecular weight is 324 g/mol. The molecule has 1 aromatic rings. The fourth-order valence-electron chi connectivity index (χ4n) is 3.13. The van der Waals surface area contributed by atoms with Crippen LogP contribution in [0.4, 0.5) is 0 Å². The van der Waals surface area contributed by atoms with Crippen LogP contribution in [0, 0.1) is 5.92 Å². The fourth-order valence-corrected chi connectivity index (χ4v) is 3.43. The number of piperidine rings is 1. The molecule has 3 unspecified atom stereocenters. The van der Waals surface area contributed by atoms with E-state index in [9.17, 15) is 4.79 Å². The number of nitrogens with two attached hydrogens (primary N) is 1. The Morgan fingerprint density at radius 3 is 2.91 bits per heavy atom. The van der Waals surface area contributed by atoms with Gasteiger partial charge < -0.3 is 11.1 Å². The van der Waals surface area contributed by atoms with Gasteiger partial charge in [-0.1, -0.05) is 36.7 Å². The zero-order chi connectivity index (χ0) is 16.1. The van der Waals surface area contributed by atoms with E-state index in [1.165, 1.54) is 0 Å². The first kappa shape index (κ1) is 17.3. The van der Waals surface area contributed by atoms with E-state index in [1.807, 2.05) is 31.2 Å². The van der Waals surface area contributed by atoms with E-state index >= 15 is 0 Å². The predicted molar refractivity (Wildman–Crippen MR) is 90.8 cm³/mol. The van der Waals surface area contributed by atoms with Crippen LogP contribution < -0.4 is 11.1 Å². The van der Waals surface area contributed by atoms with E-state index in [4.69, 9.17) is 17.3 Å². The predicted octanol–water partition coefficient (Wildman–Crippen LogP) is 2.58. The van der Waals surface area contributed by atoms with Crippen molar-refractivity contribution in [1.29, 1.82) is 0 Å². The van der Waals surface area contributed by atoms with Crippen LogP contribution in [-0.2, 0) is 4.79 Å². The highest BCUT2D eigenvalue weighted by Crippen LogP contribution is 2.23. The summed E-state index contributed by atoms with van der Waals surface area (Å²) < 4.78 is 0. The van der Waals surface area contributed by atoms with Crippen molar-refractivity contribution in [3.8, 4) is 0 Å². The topological polar surface area (TPSA) is 58.4 Å². The second-order valence-electron chi connectivity index (χ2n) is 6.30. The van der Waals surface area contributed by atoms with Gasteiger partial charge in [0, 0.05) is 17.6 Å². The number of rotatable bonds is 5. The summed E-state index contributed by atoms with van der Waals surface area (Å²) in [5.74, 6) is 0.718. The van der Waals surface area contributed by atoms with Gasteiger partial charge in [-0.3, -0.25) is 9.69 Å². The Balaban J connectivity index is 1.91. The SMILES string of the molecule is CC1CCN(CC(=O)NC(C)c2ccccc2Cl)C(CN)C1. The molecule has 2 rings (SSSR count). The van der Waals surface area contributed by atoms with Crippen LogP contribution in [0.1, 0.15) is 38.3 Å². The molecule has 22 heavy (non-hydrogen) atoms. The van der Waals surface area contributed by atoms with Gasteiger partial charge in [-0.25, -0.2) is 0 Å². The Hall–Kier alpha value is -1.10. The Morgan fingerprint density at radius 1 is 1.50 bits per heavy atom. The van der Waals surface area contributed by atoms with Crippen molar-refractivity contribution in [2.45, 2.75) is 38.8 Å². The molecule has 0 aliphatic carbocycles. The number of nitrogens with one attached hydrogen (secondary N) is 1. The lowest BCUT2D eigenvalue weighted by atomic mass is 9.92. The molecule has 1 aliphatic rings. The molecule has 1 heterocycles. The van der Waals surface area contributed by atoms with Crippen LogP contribution in [0.2, 0.25) is 5.02 Å². The zero-order valence-electron chi connectivity index (χ0n) is 13.4. The van der Waals surface area contributed by atoms with E-state index in [1.54, 1.807) is 0 Å². The molecule has 122 valence electrons. The standard InChI is InChI=1S/C17H26ClN3O/c1-12-7-8-21(14(9-12)10-19)11-17(22)20-13(2)15-5-3-4-6-16(15)18/h3-6,12-14H,7-11,19H2,1-2H3,(H,20,22). The van der Waals surface area contributed by atoms with Crippen molar-refractivity contribution in [2.75, 3.05) is 19.6 Å². The summed E-state index contributed by atoms with van der Waals surface area (Å²) in [5.41, 5.74) is 6.80. The molecule has 3 N–H and O–H groups in total. The van der Waals surface area contributed by atoms with Crippen LogP contribution in [0.3, 0.4) is 0 Å². The number of hydrogen-bond acceptors (Lipinski definition) is 3. The summed E-state index contributed by atoms with van der Waals surface area (Å²) >= 11 is 6.18. The second-order valence-corrected chi connectivity index (χ2v) is 6.71. The molecule has 0 bridgehead atoms. The summed E-state index contributed by atoms with van der Waals surface area (Å²) in [7, 11) is 0. The maximum Gasteiger partial charge on any atom is 0.234 e. The number of likely N-dealkylation sites (tertiary alicyclic amines) is 1. The van der Waals surface area contributed by atoms with E-state index in [-0.39, 0.29) is 11.9 Å². The molecule has 5 heteroatoms. The van der Waals surface area contributed by atoms with Gasteiger partial charge in [0.15, 0.2) is 0 Å². The molecule has 0 saturated carbocycles.